The lowest BCUT2D eigenvalue weighted by Gasteiger charge is -2.04. The molecule has 0 unspecified atom stereocenters. The number of aryl methyl sites for hydroxylation is 2. The van der Waals surface area contributed by atoms with E-state index >= 15 is 0 Å². The molecule has 0 radical (unpaired) electrons. The number of hydrogen-bond donors (Lipinski definition) is 3. The molecule has 0 aliphatic carbocycles. The second kappa shape index (κ2) is 4.15. The second-order valence-electron chi connectivity index (χ2n) is 3.36. The van der Waals surface area contributed by atoms with Crippen molar-refractivity contribution in [1.29, 1.82) is 0 Å². The minimum atomic E-state index is 0.555. The van der Waals surface area contributed by atoms with Gasteiger partial charge in [-0.15, -0.1) is 0 Å². The zero-order valence-corrected chi connectivity index (χ0v) is 9.10. The van der Waals surface area contributed by atoms with Crippen LogP contribution in [0.15, 0.2) is 18.6 Å². The molecule has 7 heteroatoms. The van der Waals surface area contributed by atoms with Crippen molar-refractivity contribution in [1.82, 2.24) is 19.7 Å². The van der Waals surface area contributed by atoms with Gasteiger partial charge in [-0.25, -0.2) is 15.8 Å². The first-order chi connectivity index (χ1) is 7.69. The van der Waals surface area contributed by atoms with Crippen LogP contribution in [0.1, 0.15) is 5.69 Å². The molecule has 0 spiro atoms. The van der Waals surface area contributed by atoms with Crippen LogP contribution in [0.25, 0.3) is 0 Å². The largest absolute Gasteiger partial charge is 0.337 e. The van der Waals surface area contributed by atoms with Gasteiger partial charge in [0.15, 0.2) is 0 Å². The van der Waals surface area contributed by atoms with Gasteiger partial charge in [0.1, 0.15) is 18.0 Å². The highest BCUT2D eigenvalue weighted by atomic mass is 15.3. The summed E-state index contributed by atoms with van der Waals surface area (Å²) in [7, 11) is 1.87. The Morgan fingerprint density at radius 3 is 2.69 bits per heavy atom. The van der Waals surface area contributed by atoms with Crippen LogP contribution in [-0.4, -0.2) is 19.7 Å². The summed E-state index contributed by atoms with van der Waals surface area (Å²) in [6, 6.07) is 1.71. The van der Waals surface area contributed by atoms with Crippen molar-refractivity contribution < 1.29 is 0 Å². The zero-order chi connectivity index (χ0) is 11.5. The molecular weight excluding hydrogens is 206 g/mol. The molecule has 2 aromatic heterocycles. The first kappa shape index (κ1) is 10.4. The van der Waals surface area contributed by atoms with Gasteiger partial charge in [-0.05, 0) is 6.92 Å². The topological polar surface area (TPSA) is 93.7 Å². The molecule has 0 saturated heterocycles. The van der Waals surface area contributed by atoms with Gasteiger partial charge in [-0.2, -0.15) is 5.10 Å². The lowest BCUT2D eigenvalue weighted by molar-refractivity contribution is 0.756. The molecule has 2 heterocycles. The maximum atomic E-state index is 5.26. The van der Waals surface area contributed by atoms with Crippen molar-refractivity contribution >= 4 is 17.3 Å². The second-order valence-corrected chi connectivity index (χ2v) is 3.36. The molecule has 0 bridgehead atoms. The summed E-state index contributed by atoms with van der Waals surface area (Å²) >= 11 is 0. The normalized spacial score (nSPS) is 10.2. The molecular formula is C9H13N7. The minimum absolute atomic E-state index is 0.555. The van der Waals surface area contributed by atoms with Gasteiger partial charge in [0, 0.05) is 19.3 Å². The van der Waals surface area contributed by atoms with Gasteiger partial charge in [0.05, 0.1) is 11.4 Å². The molecule has 2 rings (SSSR count). The van der Waals surface area contributed by atoms with E-state index in [1.807, 2.05) is 20.2 Å². The molecule has 0 aliphatic heterocycles. The number of nitrogens with one attached hydrogen (secondary N) is 2. The van der Waals surface area contributed by atoms with Crippen LogP contribution in [0, 0.1) is 6.92 Å². The predicted molar refractivity (Wildman–Crippen MR) is 61.1 cm³/mol. The van der Waals surface area contributed by atoms with Gasteiger partial charge >= 0.3 is 0 Å². The quantitative estimate of drug-likeness (QED) is 0.515. The maximum Gasteiger partial charge on any atom is 0.145 e. The van der Waals surface area contributed by atoms with E-state index in [0.29, 0.717) is 11.6 Å². The number of anilines is 3. The van der Waals surface area contributed by atoms with Crippen molar-refractivity contribution in [2.45, 2.75) is 6.92 Å². The van der Waals surface area contributed by atoms with Gasteiger partial charge in [-0.3, -0.25) is 4.68 Å². The summed E-state index contributed by atoms with van der Waals surface area (Å²) in [5, 5.41) is 7.36. The third-order valence-electron chi connectivity index (χ3n) is 2.09. The lowest BCUT2D eigenvalue weighted by Crippen LogP contribution is -2.09. The molecule has 7 nitrogen and oxygen atoms in total. The van der Waals surface area contributed by atoms with E-state index < -0.39 is 0 Å². The van der Waals surface area contributed by atoms with Crippen molar-refractivity contribution in [3.63, 3.8) is 0 Å². The predicted octanol–water partition coefficient (Wildman–Crippen LogP) is 0.548. The first-order valence-corrected chi connectivity index (χ1v) is 4.75. The summed E-state index contributed by atoms with van der Waals surface area (Å²) in [6.07, 6.45) is 3.32. The lowest BCUT2D eigenvalue weighted by atomic mass is 10.4. The molecule has 0 amide bonds. The number of nitrogen functional groups attached to an aromatic ring is 1. The van der Waals surface area contributed by atoms with Gasteiger partial charge in [-0.1, -0.05) is 0 Å². The average molecular weight is 219 g/mol. The minimum Gasteiger partial charge on any atom is -0.337 e. The standard InChI is InChI=1S/C9H13N7/c1-6-7(4-16(2)15-6)13-8-3-9(14-10)12-5-11-8/h3-5H,10H2,1-2H3,(H2,11,12,13,14). The highest BCUT2D eigenvalue weighted by molar-refractivity contribution is 5.59. The van der Waals surface area contributed by atoms with Crippen LogP contribution in [0.5, 0.6) is 0 Å². The fourth-order valence-corrected chi connectivity index (χ4v) is 1.36. The summed E-state index contributed by atoms with van der Waals surface area (Å²) < 4.78 is 1.74. The first-order valence-electron chi connectivity index (χ1n) is 4.75. The van der Waals surface area contributed by atoms with Crippen molar-refractivity contribution in [2.24, 2.45) is 12.9 Å². The summed E-state index contributed by atoms with van der Waals surface area (Å²) in [4.78, 5) is 8.00. The molecule has 84 valence electrons. The molecule has 16 heavy (non-hydrogen) atoms. The Morgan fingerprint density at radius 1 is 1.31 bits per heavy atom. The van der Waals surface area contributed by atoms with Crippen LogP contribution in [0.4, 0.5) is 17.3 Å². The third kappa shape index (κ3) is 2.09. The molecule has 0 aromatic carbocycles. The fraction of sp³-hybridized carbons (Fsp3) is 0.222. The van der Waals surface area contributed by atoms with E-state index in [-0.39, 0.29) is 0 Å². The highest BCUT2D eigenvalue weighted by Crippen LogP contribution is 2.18. The molecule has 2 aromatic rings. The van der Waals surface area contributed by atoms with E-state index in [0.717, 1.165) is 11.4 Å². The average Bonchev–Trinajstić information content (AvgIpc) is 2.58. The Kier molecular flexibility index (Phi) is 2.69. The van der Waals surface area contributed by atoms with Crippen molar-refractivity contribution in [2.75, 3.05) is 10.7 Å². The Hall–Kier alpha value is -2.15. The van der Waals surface area contributed by atoms with E-state index in [1.54, 1.807) is 10.7 Å². The molecule has 0 fully saturated rings. The smallest absolute Gasteiger partial charge is 0.145 e. The number of rotatable bonds is 3. The summed E-state index contributed by atoms with van der Waals surface area (Å²) in [5.41, 5.74) is 4.27. The van der Waals surface area contributed by atoms with Gasteiger partial charge in [0.25, 0.3) is 0 Å². The number of hydrogen-bond acceptors (Lipinski definition) is 6. The zero-order valence-electron chi connectivity index (χ0n) is 9.10. The molecule has 0 atom stereocenters. The SMILES string of the molecule is Cc1nn(C)cc1Nc1cc(NN)ncn1. The van der Waals surface area contributed by atoms with Crippen LogP contribution in [-0.2, 0) is 7.05 Å². The third-order valence-corrected chi connectivity index (χ3v) is 2.09. The van der Waals surface area contributed by atoms with Crippen LogP contribution in [0.3, 0.4) is 0 Å². The van der Waals surface area contributed by atoms with Gasteiger partial charge < -0.3 is 10.7 Å². The fourth-order valence-electron chi connectivity index (χ4n) is 1.36. The Balaban J connectivity index is 2.23. The van der Waals surface area contributed by atoms with E-state index in [9.17, 15) is 0 Å². The number of aromatic nitrogens is 4. The summed E-state index contributed by atoms with van der Waals surface area (Å²) in [6.45, 7) is 1.92. The van der Waals surface area contributed by atoms with Crippen LogP contribution < -0.4 is 16.6 Å². The molecule has 0 saturated carbocycles. The number of hydrazine groups is 1. The monoisotopic (exact) mass is 219 g/mol. The Morgan fingerprint density at radius 2 is 2.06 bits per heavy atom. The number of nitrogens with zero attached hydrogens (tertiary/aromatic N) is 4. The number of nitrogens with two attached hydrogens (primary N) is 1. The van der Waals surface area contributed by atoms with E-state index in [4.69, 9.17) is 5.84 Å². The van der Waals surface area contributed by atoms with Crippen LogP contribution in [0.2, 0.25) is 0 Å². The van der Waals surface area contributed by atoms with Crippen molar-refractivity contribution in [3.05, 3.63) is 24.3 Å². The molecule has 0 aliphatic rings. The van der Waals surface area contributed by atoms with E-state index in [2.05, 4.69) is 25.8 Å². The maximum absolute atomic E-state index is 5.26. The van der Waals surface area contributed by atoms with Crippen molar-refractivity contribution in [3.8, 4) is 0 Å². The Bertz CT molecular complexity index is 490. The highest BCUT2D eigenvalue weighted by Gasteiger charge is 2.04. The summed E-state index contributed by atoms with van der Waals surface area (Å²) in [5.74, 6) is 6.48. The Labute approximate surface area is 92.7 Å². The van der Waals surface area contributed by atoms with Gasteiger partial charge in [0.2, 0.25) is 0 Å². The van der Waals surface area contributed by atoms with Crippen LogP contribution >= 0.6 is 0 Å². The molecule has 4 N–H and O–H groups in total. The van der Waals surface area contributed by atoms with E-state index in [1.165, 1.54) is 6.33 Å².